The average molecular weight is 233 g/mol. The van der Waals surface area contributed by atoms with Crippen molar-refractivity contribution in [2.45, 2.75) is 38.8 Å². The summed E-state index contributed by atoms with van der Waals surface area (Å²) in [5.74, 6) is -0.854. The minimum absolute atomic E-state index is 0.235. The second-order valence-corrected chi connectivity index (χ2v) is 5.34. The molecular formula is C14H19NO2. The minimum Gasteiger partial charge on any atom is -0.478 e. The molecule has 2 rings (SSSR count). The summed E-state index contributed by atoms with van der Waals surface area (Å²) in [4.78, 5) is 13.3. The van der Waals surface area contributed by atoms with E-state index >= 15 is 0 Å². The second-order valence-electron chi connectivity index (χ2n) is 5.34. The van der Waals surface area contributed by atoms with Crippen molar-refractivity contribution in [3.05, 3.63) is 35.4 Å². The van der Waals surface area contributed by atoms with Gasteiger partial charge in [0, 0.05) is 12.1 Å². The molecule has 1 aliphatic heterocycles. The van der Waals surface area contributed by atoms with Crippen LogP contribution < -0.4 is 0 Å². The zero-order valence-corrected chi connectivity index (χ0v) is 10.4. The first-order valence-electron chi connectivity index (χ1n) is 6.06. The lowest BCUT2D eigenvalue weighted by molar-refractivity contribution is 0.0696. The first-order valence-corrected chi connectivity index (χ1v) is 6.06. The van der Waals surface area contributed by atoms with Crippen LogP contribution in [0.3, 0.4) is 0 Å². The standard InChI is InChI=1S/C14H19NO2/c1-14(2)7-4-8-15(14)10-11-5-3-6-12(9-11)13(16)17/h3,5-6,9H,4,7-8,10H2,1-2H3,(H,16,17). The number of carbonyl (C=O) groups is 1. The lowest BCUT2D eigenvalue weighted by atomic mass is 10.0. The van der Waals surface area contributed by atoms with Crippen molar-refractivity contribution in [2.24, 2.45) is 0 Å². The number of nitrogens with zero attached hydrogens (tertiary/aromatic N) is 1. The summed E-state index contributed by atoms with van der Waals surface area (Å²) in [6, 6.07) is 7.24. The number of likely N-dealkylation sites (tertiary alicyclic amines) is 1. The molecule has 0 bridgehead atoms. The van der Waals surface area contributed by atoms with Crippen LogP contribution in [0.2, 0.25) is 0 Å². The molecule has 0 aromatic heterocycles. The fourth-order valence-electron chi connectivity index (χ4n) is 2.48. The van der Waals surface area contributed by atoms with Crippen LogP contribution in [0.15, 0.2) is 24.3 Å². The molecule has 3 nitrogen and oxygen atoms in total. The van der Waals surface area contributed by atoms with Crippen LogP contribution in [0.5, 0.6) is 0 Å². The topological polar surface area (TPSA) is 40.5 Å². The molecule has 1 heterocycles. The number of carboxylic acids is 1. The molecule has 0 unspecified atom stereocenters. The highest BCUT2D eigenvalue weighted by Crippen LogP contribution is 2.29. The third-order valence-corrected chi connectivity index (χ3v) is 3.62. The lowest BCUT2D eigenvalue weighted by Crippen LogP contribution is -2.37. The van der Waals surface area contributed by atoms with Gasteiger partial charge in [-0.1, -0.05) is 12.1 Å². The fraction of sp³-hybridized carbons (Fsp3) is 0.500. The number of hydrogen-bond acceptors (Lipinski definition) is 2. The Hall–Kier alpha value is -1.35. The molecule has 92 valence electrons. The Bertz CT molecular complexity index is 426. The van der Waals surface area contributed by atoms with Gasteiger partial charge in [-0.15, -0.1) is 0 Å². The summed E-state index contributed by atoms with van der Waals surface area (Å²) in [5.41, 5.74) is 1.69. The van der Waals surface area contributed by atoms with Crippen molar-refractivity contribution in [1.82, 2.24) is 4.90 Å². The van der Waals surface area contributed by atoms with E-state index in [0.717, 1.165) is 18.7 Å². The van der Waals surface area contributed by atoms with Crippen LogP contribution in [0.1, 0.15) is 42.6 Å². The van der Waals surface area contributed by atoms with Crippen molar-refractivity contribution >= 4 is 5.97 Å². The maximum atomic E-state index is 10.9. The van der Waals surface area contributed by atoms with E-state index in [4.69, 9.17) is 5.11 Å². The molecule has 0 spiro atoms. The molecule has 17 heavy (non-hydrogen) atoms. The molecule has 0 saturated carbocycles. The Labute approximate surface area is 102 Å². The number of hydrogen-bond donors (Lipinski definition) is 1. The Balaban J connectivity index is 2.13. The maximum Gasteiger partial charge on any atom is 0.335 e. The van der Waals surface area contributed by atoms with Crippen LogP contribution in [0.4, 0.5) is 0 Å². The summed E-state index contributed by atoms with van der Waals surface area (Å²) in [6.45, 7) is 6.44. The van der Waals surface area contributed by atoms with Gasteiger partial charge >= 0.3 is 5.97 Å². The van der Waals surface area contributed by atoms with Crippen molar-refractivity contribution in [2.75, 3.05) is 6.54 Å². The highest BCUT2D eigenvalue weighted by Gasteiger charge is 2.31. The van der Waals surface area contributed by atoms with Crippen molar-refractivity contribution < 1.29 is 9.90 Å². The van der Waals surface area contributed by atoms with Crippen molar-refractivity contribution in [1.29, 1.82) is 0 Å². The van der Waals surface area contributed by atoms with Gasteiger partial charge in [-0.2, -0.15) is 0 Å². The highest BCUT2D eigenvalue weighted by atomic mass is 16.4. The predicted octanol–water partition coefficient (Wildman–Crippen LogP) is 2.76. The first-order chi connectivity index (χ1) is 7.99. The number of carboxylic acid groups (broad SMARTS) is 1. The Morgan fingerprint density at radius 1 is 1.47 bits per heavy atom. The van der Waals surface area contributed by atoms with Gasteiger partial charge in [-0.25, -0.2) is 4.79 Å². The molecule has 1 saturated heterocycles. The van der Waals surface area contributed by atoms with Gasteiger partial charge < -0.3 is 5.11 Å². The lowest BCUT2D eigenvalue weighted by Gasteiger charge is -2.31. The van der Waals surface area contributed by atoms with Crippen LogP contribution >= 0.6 is 0 Å². The number of aromatic carboxylic acids is 1. The quantitative estimate of drug-likeness (QED) is 0.872. The number of rotatable bonds is 3. The fourth-order valence-corrected chi connectivity index (χ4v) is 2.48. The van der Waals surface area contributed by atoms with Gasteiger partial charge in [0.15, 0.2) is 0 Å². The normalized spacial score (nSPS) is 19.4. The first kappa shape index (κ1) is 12.1. The molecule has 1 aromatic rings. The van der Waals surface area contributed by atoms with Crippen LogP contribution in [0.25, 0.3) is 0 Å². The van der Waals surface area contributed by atoms with Gasteiger partial charge in [-0.3, -0.25) is 4.90 Å². The van der Waals surface area contributed by atoms with E-state index in [0.29, 0.717) is 5.56 Å². The minimum atomic E-state index is -0.854. The summed E-state index contributed by atoms with van der Waals surface area (Å²) >= 11 is 0. The van der Waals surface area contributed by atoms with Gasteiger partial charge in [0.05, 0.1) is 5.56 Å². The Morgan fingerprint density at radius 2 is 2.24 bits per heavy atom. The monoisotopic (exact) mass is 233 g/mol. The van der Waals surface area contributed by atoms with E-state index in [1.807, 2.05) is 12.1 Å². The third kappa shape index (κ3) is 2.67. The van der Waals surface area contributed by atoms with E-state index in [9.17, 15) is 4.79 Å². The van der Waals surface area contributed by atoms with Gasteiger partial charge in [0.2, 0.25) is 0 Å². The molecule has 1 aromatic carbocycles. The van der Waals surface area contributed by atoms with Gasteiger partial charge in [-0.05, 0) is 50.9 Å². The predicted molar refractivity (Wildman–Crippen MR) is 67.1 cm³/mol. The van der Waals surface area contributed by atoms with Crippen molar-refractivity contribution in [3.8, 4) is 0 Å². The molecule has 3 heteroatoms. The van der Waals surface area contributed by atoms with E-state index in [1.165, 1.54) is 12.8 Å². The largest absolute Gasteiger partial charge is 0.478 e. The van der Waals surface area contributed by atoms with Crippen LogP contribution in [-0.4, -0.2) is 28.1 Å². The van der Waals surface area contributed by atoms with Crippen molar-refractivity contribution in [3.63, 3.8) is 0 Å². The molecule has 0 aliphatic carbocycles. The van der Waals surface area contributed by atoms with E-state index in [2.05, 4.69) is 18.7 Å². The molecule has 0 radical (unpaired) electrons. The Kier molecular flexibility index (Phi) is 3.20. The zero-order chi connectivity index (χ0) is 12.5. The smallest absolute Gasteiger partial charge is 0.335 e. The maximum absolute atomic E-state index is 10.9. The van der Waals surface area contributed by atoms with E-state index in [1.54, 1.807) is 12.1 Å². The van der Waals surface area contributed by atoms with Crippen LogP contribution in [0, 0.1) is 0 Å². The molecule has 0 amide bonds. The summed E-state index contributed by atoms with van der Waals surface area (Å²) in [6.07, 6.45) is 2.44. The Morgan fingerprint density at radius 3 is 2.82 bits per heavy atom. The second kappa shape index (κ2) is 4.49. The SMILES string of the molecule is CC1(C)CCCN1Cc1cccc(C(=O)O)c1. The van der Waals surface area contributed by atoms with E-state index in [-0.39, 0.29) is 5.54 Å². The molecule has 0 atom stereocenters. The zero-order valence-electron chi connectivity index (χ0n) is 10.4. The molecule has 1 fully saturated rings. The number of benzene rings is 1. The summed E-state index contributed by atoms with van der Waals surface area (Å²) < 4.78 is 0. The summed E-state index contributed by atoms with van der Waals surface area (Å²) in [7, 11) is 0. The summed E-state index contributed by atoms with van der Waals surface area (Å²) in [5, 5.41) is 8.96. The van der Waals surface area contributed by atoms with Gasteiger partial charge in [0.25, 0.3) is 0 Å². The van der Waals surface area contributed by atoms with E-state index < -0.39 is 5.97 Å². The highest BCUT2D eigenvalue weighted by molar-refractivity contribution is 5.87. The molecule has 1 N–H and O–H groups in total. The van der Waals surface area contributed by atoms with Gasteiger partial charge in [0.1, 0.15) is 0 Å². The third-order valence-electron chi connectivity index (χ3n) is 3.62. The average Bonchev–Trinajstić information content (AvgIpc) is 2.59. The van der Waals surface area contributed by atoms with Crippen LogP contribution in [-0.2, 0) is 6.54 Å². The molecular weight excluding hydrogens is 214 g/mol. The molecule has 1 aliphatic rings.